The average molecular weight is 398 g/mol. The molecule has 0 fully saturated rings. The molecular formula is C20H22N4O3S. The molecule has 3 aromatic rings. The fourth-order valence-electron chi connectivity index (χ4n) is 2.61. The molecule has 8 heteroatoms. The Hall–Kier alpha value is -3.00. The molecular weight excluding hydrogens is 376 g/mol. The van der Waals surface area contributed by atoms with Crippen molar-refractivity contribution in [3.8, 4) is 5.75 Å². The van der Waals surface area contributed by atoms with Gasteiger partial charge in [-0.05, 0) is 37.6 Å². The maximum Gasteiger partial charge on any atom is 0.277 e. The van der Waals surface area contributed by atoms with E-state index in [1.807, 2.05) is 31.2 Å². The average Bonchev–Trinajstić information content (AvgIpc) is 3.14. The number of benzene rings is 2. The molecule has 0 saturated heterocycles. The Bertz CT molecular complexity index is 958. The van der Waals surface area contributed by atoms with Gasteiger partial charge in [0.2, 0.25) is 11.8 Å². The van der Waals surface area contributed by atoms with Crippen molar-refractivity contribution in [1.82, 2.24) is 10.2 Å². The quantitative estimate of drug-likeness (QED) is 0.554. The van der Waals surface area contributed by atoms with Gasteiger partial charge in [0.25, 0.3) is 5.22 Å². The Labute approximate surface area is 167 Å². The monoisotopic (exact) mass is 398 g/mol. The lowest BCUT2D eigenvalue weighted by Gasteiger charge is -2.09. The first kappa shape index (κ1) is 19.8. The highest BCUT2D eigenvalue weighted by atomic mass is 32.2. The molecule has 1 amide bonds. The van der Waals surface area contributed by atoms with Crippen LogP contribution in [0, 0.1) is 13.8 Å². The van der Waals surface area contributed by atoms with E-state index in [4.69, 9.17) is 9.15 Å². The smallest absolute Gasteiger partial charge is 0.277 e. The van der Waals surface area contributed by atoms with Crippen LogP contribution in [0.4, 0.5) is 11.4 Å². The number of aromatic nitrogens is 2. The minimum absolute atomic E-state index is 0.157. The summed E-state index contributed by atoms with van der Waals surface area (Å²) in [5.41, 5.74) is 4.02. The Morgan fingerprint density at radius 1 is 1.14 bits per heavy atom. The van der Waals surface area contributed by atoms with Gasteiger partial charge in [0.05, 0.1) is 25.1 Å². The summed E-state index contributed by atoms with van der Waals surface area (Å²) < 4.78 is 10.8. The van der Waals surface area contributed by atoms with Gasteiger partial charge in [0.15, 0.2) is 0 Å². The lowest BCUT2D eigenvalue weighted by molar-refractivity contribution is -0.113. The number of para-hydroxylation sites is 2. The fourth-order valence-corrected chi connectivity index (χ4v) is 3.19. The van der Waals surface area contributed by atoms with Gasteiger partial charge in [-0.2, -0.15) is 0 Å². The highest BCUT2D eigenvalue weighted by Crippen LogP contribution is 2.24. The van der Waals surface area contributed by atoms with Gasteiger partial charge in [-0.3, -0.25) is 4.79 Å². The van der Waals surface area contributed by atoms with Crippen LogP contribution in [0.5, 0.6) is 5.75 Å². The molecule has 0 aliphatic carbocycles. The number of anilines is 2. The van der Waals surface area contributed by atoms with Crippen molar-refractivity contribution in [1.29, 1.82) is 0 Å². The van der Waals surface area contributed by atoms with Crippen LogP contribution in [0.3, 0.4) is 0 Å². The molecule has 146 valence electrons. The number of rotatable bonds is 8. The third-order valence-corrected chi connectivity index (χ3v) is 4.79. The van der Waals surface area contributed by atoms with E-state index in [0.717, 1.165) is 11.3 Å². The summed E-state index contributed by atoms with van der Waals surface area (Å²) in [6.07, 6.45) is 0. The van der Waals surface area contributed by atoms with Gasteiger partial charge in [-0.25, -0.2) is 0 Å². The van der Waals surface area contributed by atoms with E-state index < -0.39 is 0 Å². The van der Waals surface area contributed by atoms with E-state index in [2.05, 4.69) is 33.8 Å². The lowest BCUT2D eigenvalue weighted by atomic mass is 10.1. The number of hydrogen-bond acceptors (Lipinski definition) is 7. The molecule has 7 nitrogen and oxygen atoms in total. The molecule has 28 heavy (non-hydrogen) atoms. The van der Waals surface area contributed by atoms with E-state index in [9.17, 15) is 4.79 Å². The predicted octanol–water partition coefficient (Wildman–Crippen LogP) is 4.04. The summed E-state index contributed by atoms with van der Waals surface area (Å²) in [5.74, 6) is 1.05. The van der Waals surface area contributed by atoms with Crippen molar-refractivity contribution in [2.75, 3.05) is 23.5 Å². The van der Waals surface area contributed by atoms with Gasteiger partial charge < -0.3 is 19.8 Å². The summed E-state index contributed by atoms with van der Waals surface area (Å²) in [6, 6.07) is 13.4. The van der Waals surface area contributed by atoms with Crippen LogP contribution in [0.25, 0.3) is 0 Å². The van der Waals surface area contributed by atoms with Crippen LogP contribution in [0.2, 0.25) is 0 Å². The largest absolute Gasteiger partial charge is 0.495 e. The van der Waals surface area contributed by atoms with E-state index in [0.29, 0.717) is 29.1 Å². The molecule has 0 unspecified atom stereocenters. The topological polar surface area (TPSA) is 89.3 Å². The van der Waals surface area contributed by atoms with E-state index in [1.165, 1.54) is 17.3 Å². The molecule has 2 N–H and O–H groups in total. The van der Waals surface area contributed by atoms with Crippen LogP contribution in [-0.4, -0.2) is 29.0 Å². The lowest BCUT2D eigenvalue weighted by Crippen LogP contribution is -2.14. The summed E-state index contributed by atoms with van der Waals surface area (Å²) in [4.78, 5) is 12.1. The number of aryl methyl sites for hydroxylation is 2. The highest BCUT2D eigenvalue weighted by molar-refractivity contribution is 7.99. The Kier molecular flexibility index (Phi) is 6.54. The molecule has 0 saturated carbocycles. The number of ether oxygens (including phenoxy) is 1. The first-order valence-electron chi connectivity index (χ1n) is 8.74. The van der Waals surface area contributed by atoms with E-state index in [-0.39, 0.29) is 11.7 Å². The normalized spacial score (nSPS) is 10.5. The van der Waals surface area contributed by atoms with Crippen molar-refractivity contribution in [2.24, 2.45) is 0 Å². The zero-order chi connectivity index (χ0) is 19.9. The molecule has 0 aliphatic heterocycles. The van der Waals surface area contributed by atoms with Crippen molar-refractivity contribution in [2.45, 2.75) is 25.6 Å². The highest BCUT2D eigenvalue weighted by Gasteiger charge is 2.12. The minimum Gasteiger partial charge on any atom is -0.495 e. The van der Waals surface area contributed by atoms with Crippen LogP contribution < -0.4 is 15.4 Å². The number of amides is 1. The molecule has 2 aromatic carbocycles. The van der Waals surface area contributed by atoms with Crippen molar-refractivity contribution in [3.63, 3.8) is 0 Å². The predicted molar refractivity (Wildman–Crippen MR) is 110 cm³/mol. The van der Waals surface area contributed by atoms with Gasteiger partial charge in [-0.1, -0.05) is 41.6 Å². The van der Waals surface area contributed by atoms with E-state index >= 15 is 0 Å². The summed E-state index contributed by atoms with van der Waals surface area (Å²) in [7, 11) is 1.56. The molecule has 0 atom stereocenters. The number of carbonyl (C=O) groups is 1. The summed E-state index contributed by atoms with van der Waals surface area (Å²) in [5, 5.41) is 14.4. The first-order valence-corrected chi connectivity index (χ1v) is 9.73. The molecule has 1 heterocycles. The zero-order valence-corrected chi connectivity index (χ0v) is 16.8. The van der Waals surface area contributed by atoms with Crippen molar-refractivity contribution < 1.29 is 13.9 Å². The van der Waals surface area contributed by atoms with Gasteiger partial charge >= 0.3 is 0 Å². The van der Waals surface area contributed by atoms with Gasteiger partial charge in [-0.15, -0.1) is 10.2 Å². The van der Waals surface area contributed by atoms with Crippen LogP contribution in [0.15, 0.2) is 52.1 Å². The number of thioether (sulfide) groups is 1. The first-order chi connectivity index (χ1) is 13.5. The molecule has 0 aliphatic rings. The Morgan fingerprint density at radius 3 is 2.75 bits per heavy atom. The second-order valence-corrected chi connectivity index (χ2v) is 7.10. The third-order valence-electron chi connectivity index (χ3n) is 3.97. The number of hydrogen-bond donors (Lipinski definition) is 2. The van der Waals surface area contributed by atoms with Crippen LogP contribution in [0.1, 0.15) is 17.0 Å². The number of nitrogens with one attached hydrogen (secondary N) is 2. The Balaban J connectivity index is 1.49. The van der Waals surface area contributed by atoms with Crippen LogP contribution in [-0.2, 0) is 11.3 Å². The van der Waals surface area contributed by atoms with Crippen molar-refractivity contribution >= 4 is 29.0 Å². The number of methoxy groups -OCH3 is 1. The second-order valence-electron chi connectivity index (χ2n) is 6.17. The Morgan fingerprint density at radius 2 is 1.96 bits per heavy atom. The second kappa shape index (κ2) is 9.27. The van der Waals surface area contributed by atoms with Crippen molar-refractivity contribution in [3.05, 3.63) is 59.5 Å². The van der Waals surface area contributed by atoms with Gasteiger partial charge in [0.1, 0.15) is 5.75 Å². The maximum atomic E-state index is 12.1. The fraction of sp³-hybridized carbons (Fsp3) is 0.250. The van der Waals surface area contributed by atoms with Crippen LogP contribution >= 0.6 is 11.8 Å². The number of carbonyl (C=O) groups excluding carboxylic acids is 1. The zero-order valence-electron chi connectivity index (χ0n) is 16.0. The molecule has 0 spiro atoms. The van der Waals surface area contributed by atoms with Gasteiger partial charge in [0, 0.05) is 5.69 Å². The molecule has 3 rings (SSSR count). The van der Waals surface area contributed by atoms with E-state index in [1.54, 1.807) is 19.2 Å². The third kappa shape index (κ3) is 5.26. The molecule has 0 bridgehead atoms. The maximum absolute atomic E-state index is 12.1. The standard InChI is InChI=1S/C20H22N4O3S/c1-13-8-9-15(14(2)10-13)21-11-19-23-24-20(27-19)28-12-18(25)22-16-6-4-5-7-17(16)26-3/h4-10,21H,11-12H2,1-3H3,(H,22,25). The molecule has 0 radical (unpaired) electrons. The SMILES string of the molecule is COc1ccccc1NC(=O)CSc1nnc(CNc2ccc(C)cc2C)o1. The minimum atomic E-state index is -0.178. The molecule has 1 aromatic heterocycles. The summed E-state index contributed by atoms with van der Waals surface area (Å²) >= 11 is 1.19. The number of nitrogens with zero attached hydrogens (tertiary/aromatic N) is 2. The summed E-state index contributed by atoms with van der Waals surface area (Å²) in [6.45, 7) is 4.53.